The van der Waals surface area contributed by atoms with Gasteiger partial charge in [0.1, 0.15) is 17.3 Å². The van der Waals surface area contributed by atoms with E-state index >= 15 is 0 Å². The lowest BCUT2D eigenvalue weighted by Gasteiger charge is -2.04. The molecule has 136 valence electrons. The molecule has 0 saturated heterocycles. The summed E-state index contributed by atoms with van der Waals surface area (Å²) >= 11 is 0. The van der Waals surface area contributed by atoms with Crippen molar-refractivity contribution in [3.63, 3.8) is 0 Å². The Labute approximate surface area is 155 Å². The fraction of sp³-hybridized carbons (Fsp3) is 0.150. The molecule has 4 aromatic rings. The average molecular weight is 363 g/mol. The molecule has 6 nitrogen and oxygen atoms in total. The van der Waals surface area contributed by atoms with Crippen molar-refractivity contribution in [3.8, 4) is 11.3 Å². The van der Waals surface area contributed by atoms with E-state index in [0.717, 1.165) is 22.4 Å². The van der Waals surface area contributed by atoms with E-state index in [-0.39, 0.29) is 17.4 Å². The second kappa shape index (κ2) is 6.68. The zero-order chi connectivity index (χ0) is 19.0. The molecule has 7 heteroatoms. The van der Waals surface area contributed by atoms with Crippen LogP contribution in [0.15, 0.2) is 48.5 Å². The lowest BCUT2D eigenvalue weighted by molar-refractivity contribution is 0.0946. The second-order valence-electron chi connectivity index (χ2n) is 6.37. The van der Waals surface area contributed by atoms with Gasteiger partial charge in [-0.15, -0.1) is 0 Å². The van der Waals surface area contributed by atoms with Crippen molar-refractivity contribution < 1.29 is 9.18 Å². The number of nitrogens with zero attached hydrogens (tertiary/aromatic N) is 3. The Morgan fingerprint density at radius 3 is 2.85 bits per heavy atom. The van der Waals surface area contributed by atoms with Gasteiger partial charge in [-0.3, -0.25) is 9.89 Å². The molecule has 0 bridgehead atoms. The first kappa shape index (κ1) is 17.0. The Morgan fingerprint density at radius 1 is 1.22 bits per heavy atom. The molecule has 0 spiro atoms. The highest BCUT2D eigenvalue weighted by Gasteiger charge is 2.13. The molecule has 0 radical (unpaired) electrons. The number of fused-ring (bicyclic) bond motifs is 1. The highest BCUT2D eigenvalue weighted by Crippen LogP contribution is 2.21. The molecule has 0 unspecified atom stereocenters. The predicted octanol–water partition coefficient (Wildman–Crippen LogP) is 3.34. The van der Waals surface area contributed by atoms with Crippen LogP contribution in [0.3, 0.4) is 0 Å². The van der Waals surface area contributed by atoms with Crippen LogP contribution in [0.4, 0.5) is 4.39 Å². The Balaban J connectivity index is 1.48. The molecule has 2 heterocycles. The van der Waals surface area contributed by atoms with Crippen molar-refractivity contribution >= 4 is 16.9 Å². The Morgan fingerprint density at radius 2 is 2.04 bits per heavy atom. The minimum Gasteiger partial charge on any atom is -0.347 e. The summed E-state index contributed by atoms with van der Waals surface area (Å²) in [6, 6.07) is 13.8. The topological polar surface area (TPSA) is 75.6 Å². The van der Waals surface area contributed by atoms with Crippen molar-refractivity contribution in [1.82, 2.24) is 25.1 Å². The van der Waals surface area contributed by atoms with Gasteiger partial charge in [0.05, 0.1) is 16.7 Å². The largest absolute Gasteiger partial charge is 0.347 e. The minimum atomic E-state index is -0.380. The van der Waals surface area contributed by atoms with Crippen molar-refractivity contribution in [1.29, 1.82) is 0 Å². The smallest absolute Gasteiger partial charge is 0.269 e. The van der Waals surface area contributed by atoms with Crippen LogP contribution in [0.5, 0.6) is 0 Å². The monoisotopic (exact) mass is 363 g/mol. The lowest BCUT2D eigenvalue weighted by Crippen LogP contribution is -2.23. The maximum Gasteiger partial charge on any atom is 0.269 e. The summed E-state index contributed by atoms with van der Waals surface area (Å²) in [6.07, 6.45) is 0. The highest BCUT2D eigenvalue weighted by atomic mass is 19.1. The number of halogens is 1. The molecule has 0 aliphatic heterocycles. The summed E-state index contributed by atoms with van der Waals surface area (Å²) < 4.78 is 15.9. The number of amides is 1. The van der Waals surface area contributed by atoms with Gasteiger partial charge in [-0.05, 0) is 42.8 Å². The molecule has 0 atom stereocenters. The van der Waals surface area contributed by atoms with Crippen LogP contribution in [0, 0.1) is 12.7 Å². The third-order valence-electron chi connectivity index (χ3n) is 4.59. The van der Waals surface area contributed by atoms with Crippen LogP contribution in [0.25, 0.3) is 22.3 Å². The molecule has 2 N–H and O–H groups in total. The standard InChI is InChI=1S/C20H18FN5O/c1-12-23-17-9-13(7-8-19(17)26(12)2)11-22-20(27)18-10-16(24-25-18)14-5-3-4-6-15(14)21/h3-10H,11H2,1-2H3,(H,22,27)(H,24,25). The highest BCUT2D eigenvalue weighted by molar-refractivity contribution is 5.93. The fourth-order valence-corrected chi connectivity index (χ4v) is 3.00. The number of benzene rings is 2. The number of hydrogen-bond donors (Lipinski definition) is 2. The number of H-pyrrole nitrogens is 1. The fourth-order valence-electron chi connectivity index (χ4n) is 3.00. The van der Waals surface area contributed by atoms with Crippen molar-refractivity contribution in [2.45, 2.75) is 13.5 Å². The van der Waals surface area contributed by atoms with Crippen molar-refractivity contribution in [2.24, 2.45) is 7.05 Å². The van der Waals surface area contributed by atoms with Gasteiger partial charge in [0.15, 0.2) is 0 Å². The first-order valence-electron chi connectivity index (χ1n) is 8.53. The van der Waals surface area contributed by atoms with Gasteiger partial charge in [0, 0.05) is 19.2 Å². The van der Waals surface area contributed by atoms with Crippen LogP contribution < -0.4 is 5.32 Å². The van der Waals surface area contributed by atoms with E-state index in [0.29, 0.717) is 17.8 Å². The first-order chi connectivity index (χ1) is 13.0. The Bertz CT molecular complexity index is 1140. The zero-order valence-electron chi connectivity index (χ0n) is 15.0. The molecular weight excluding hydrogens is 345 g/mol. The van der Waals surface area contributed by atoms with Crippen LogP contribution >= 0.6 is 0 Å². The Kier molecular flexibility index (Phi) is 4.19. The maximum absolute atomic E-state index is 13.9. The third kappa shape index (κ3) is 3.19. The number of carbonyl (C=O) groups excluding carboxylic acids is 1. The lowest BCUT2D eigenvalue weighted by atomic mass is 10.1. The van der Waals surface area contributed by atoms with Gasteiger partial charge in [-0.2, -0.15) is 5.10 Å². The number of aromatic nitrogens is 4. The number of imidazole rings is 1. The van der Waals surface area contributed by atoms with Gasteiger partial charge in [0.25, 0.3) is 5.91 Å². The molecule has 2 aromatic carbocycles. The van der Waals surface area contributed by atoms with Crippen molar-refractivity contribution in [3.05, 3.63) is 71.4 Å². The van der Waals surface area contributed by atoms with E-state index in [9.17, 15) is 9.18 Å². The summed E-state index contributed by atoms with van der Waals surface area (Å²) in [4.78, 5) is 16.9. The minimum absolute atomic E-state index is 0.281. The van der Waals surface area contributed by atoms with Crippen LogP contribution in [-0.2, 0) is 13.6 Å². The van der Waals surface area contributed by atoms with E-state index < -0.39 is 0 Å². The van der Waals surface area contributed by atoms with E-state index in [4.69, 9.17) is 0 Å². The molecule has 4 rings (SSSR count). The van der Waals surface area contributed by atoms with E-state index in [2.05, 4.69) is 20.5 Å². The Hall–Kier alpha value is -3.48. The zero-order valence-corrected chi connectivity index (χ0v) is 15.0. The molecule has 27 heavy (non-hydrogen) atoms. The number of carbonyl (C=O) groups is 1. The third-order valence-corrected chi connectivity index (χ3v) is 4.59. The summed E-state index contributed by atoms with van der Waals surface area (Å²) in [6.45, 7) is 2.31. The van der Waals surface area contributed by atoms with Crippen LogP contribution in [0.2, 0.25) is 0 Å². The number of aromatic amines is 1. The molecule has 1 amide bonds. The summed E-state index contributed by atoms with van der Waals surface area (Å²) in [5.41, 5.74) is 3.91. The van der Waals surface area contributed by atoms with E-state index in [1.807, 2.05) is 36.7 Å². The quantitative estimate of drug-likeness (QED) is 0.584. The molecule has 0 aliphatic rings. The normalized spacial score (nSPS) is 11.1. The average Bonchev–Trinajstić information content (AvgIpc) is 3.26. The molecule has 0 saturated carbocycles. The predicted molar refractivity (Wildman–Crippen MR) is 101 cm³/mol. The van der Waals surface area contributed by atoms with Gasteiger partial charge in [0.2, 0.25) is 0 Å². The number of hydrogen-bond acceptors (Lipinski definition) is 3. The van der Waals surface area contributed by atoms with Gasteiger partial charge >= 0.3 is 0 Å². The van der Waals surface area contributed by atoms with Crippen LogP contribution in [-0.4, -0.2) is 25.7 Å². The maximum atomic E-state index is 13.9. The first-order valence-corrected chi connectivity index (χ1v) is 8.53. The summed E-state index contributed by atoms with van der Waals surface area (Å²) in [5, 5.41) is 9.54. The SMILES string of the molecule is Cc1nc2cc(CNC(=O)c3cc(-c4ccccc4F)n[nH]3)ccc2n1C. The molecule has 0 aliphatic carbocycles. The molecule has 0 fully saturated rings. The molecule has 2 aromatic heterocycles. The van der Waals surface area contributed by atoms with Crippen LogP contribution in [0.1, 0.15) is 21.9 Å². The number of rotatable bonds is 4. The number of nitrogens with one attached hydrogen (secondary N) is 2. The second-order valence-corrected chi connectivity index (χ2v) is 6.37. The van der Waals surface area contributed by atoms with E-state index in [1.165, 1.54) is 6.07 Å². The number of aryl methyl sites for hydroxylation is 2. The van der Waals surface area contributed by atoms with Gasteiger partial charge < -0.3 is 9.88 Å². The van der Waals surface area contributed by atoms with Crippen molar-refractivity contribution in [2.75, 3.05) is 0 Å². The summed E-state index contributed by atoms with van der Waals surface area (Å²) in [5.74, 6) is 0.252. The molecular formula is C20H18FN5O. The summed E-state index contributed by atoms with van der Waals surface area (Å²) in [7, 11) is 1.97. The van der Waals surface area contributed by atoms with Gasteiger partial charge in [-0.25, -0.2) is 9.37 Å². The van der Waals surface area contributed by atoms with E-state index in [1.54, 1.807) is 24.3 Å². The van der Waals surface area contributed by atoms with Gasteiger partial charge in [-0.1, -0.05) is 18.2 Å².